The van der Waals surface area contributed by atoms with Gasteiger partial charge in [-0.2, -0.15) is 0 Å². The predicted octanol–water partition coefficient (Wildman–Crippen LogP) is 0.522. The molecule has 0 aliphatic carbocycles. The molecule has 2 rings (SSSR count). The van der Waals surface area contributed by atoms with Crippen LogP contribution in [0.15, 0.2) is 24.5 Å². The topological polar surface area (TPSA) is 99.0 Å². The van der Waals surface area contributed by atoms with Crippen LogP contribution in [-0.4, -0.2) is 38.2 Å². The Morgan fingerprint density at radius 1 is 1.36 bits per heavy atom. The van der Waals surface area contributed by atoms with Gasteiger partial charge in [0.25, 0.3) is 5.91 Å². The normalized spacial score (nSPS) is 11.8. The Labute approximate surface area is 123 Å². The summed E-state index contributed by atoms with van der Waals surface area (Å²) in [5, 5.41) is 12.1. The second-order valence-corrected chi connectivity index (χ2v) is 4.23. The zero-order valence-electron chi connectivity index (χ0n) is 11.4. The first kappa shape index (κ1) is 15.5. The number of hydrogen-bond acceptors (Lipinski definition) is 6. The van der Waals surface area contributed by atoms with Crippen LogP contribution in [0.1, 0.15) is 6.92 Å². The Kier molecular flexibility index (Phi) is 4.71. The monoisotopic (exact) mass is 311 g/mol. The lowest BCUT2D eigenvalue weighted by atomic mass is 10.2. The highest BCUT2D eigenvalue weighted by molar-refractivity contribution is 5.95. The molecule has 0 saturated heterocycles. The predicted molar refractivity (Wildman–Crippen MR) is 68.4 cm³/mol. The third-order valence-corrected chi connectivity index (χ3v) is 2.57. The molecule has 8 nitrogen and oxygen atoms in total. The molecule has 1 amide bonds. The van der Waals surface area contributed by atoms with Crippen molar-refractivity contribution in [3.63, 3.8) is 0 Å². The molecule has 0 unspecified atom stereocenters. The van der Waals surface area contributed by atoms with Crippen molar-refractivity contribution >= 4 is 17.6 Å². The molecule has 0 saturated carbocycles. The molecule has 0 radical (unpaired) electrons. The summed E-state index contributed by atoms with van der Waals surface area (Å²) in [5.74, 6) is -3.50. The number of nitrogens with zero attached hydrogens (tertiary/aromatic N) is 4. The van der Waals surface area contributed by atoms with Crippen molar-refractivity contribution in [3.05, 3.63) is 36.2 Å². The number of benzene rings is 1. The van der Waals surface area contributed by atoms with Gasteiger partial charge in [0.1, 0.15) is 30.2 Å². The molecular formula is C12H11F2N5O3. The maximum atomic E-state index is 13.4. The number of tetrazole rings is 1. The molecular weight excluding hydrogens is 300 g/mol. The van der Waals surface area contributed by atoms with Gasteiger partial charge in [-0.25, -0.2) is 13.5 Å². The number of rotatable bonds is 5. The van der Waals surface area contributed by atoms with E-state index in [-0.39, 0.29) is 6.54 Å². The van der Waals surface area contributed by atoms with E-state index in [1.165, 1.54) is 13.3 Å². The lowest BCUT2D eigenvalue weighted by molar-refractivity contribution is -0.154. The summed E-state index contributed by atoms with van der Waals surface area (Å²) in [6.07, 6.45) is -0.0521. The summed E-state index contributed by atoms with van der Waals surface area (Å²) in [4.78, 5) is 23.3. The second-order valence-electron chi connectivity index (χ2n) is 4.23. The zero-order valence-corrected chi connectivity index (χ0v) is 11.4. The van der Waals surface area contributed by atoms with Crippen LogP contribution in [0.3, 0.4) is 0 Å². The number of halogens is 2. The van der Waals surface area contributed by atoms with Crippen LogP contribution < -0.4 is 5.32 Å². The molecule has 0 bridgehead atoms. The van der Waals surface area contributed by atoms with Gasteiger partial charge in [-0.3, -0.25) is 9.59 Å². The number of para-hydroxylation sites is 1. The van der Waals surface area contributed by atoms with Crippen molar-refractivity contribution in [2.24, 2.45) is 0 Å². The van der Waals surface area contributed by atoms with Crippen molar-refractivity contribution in [1.29, 1.82) is 0 Å². The fourth-order valence-electron chi connectivity index (χ4n) is 1.52. The van der Waals surface area contributed by atoms with E-state index in [9.17, 15) is 18.4 Å². The molecule has 2 aromatic rings. The highest BCUT2D eigenvalue weighted by Gasteiger charge is 2.21. The molecule has 0 aliphatic heterocycles. The van der Waals surface area contributed by atoms with E-state index in [2.05, 4.69) is 15.5 Å². The van der Waals surface area contributed by atoms with E-state index in [0.29, 0.717) is 0 Å². The molecule has 1 heterocycles. The molecule has 1 aromatic carbocycles. The average Bonchev–Trinajstić information content (AvgIpc) is 2.95. The summed E-state index contributed by atoms with van der Waals surface area (Å²) < 4.78 is 32.7. The van der Waals surface area contributed by atoms with Gasteiger partial charge >= 0.3 is 5.97 Å². The Balaban J connectivity index is 1.93. The quantitative estimate of drug-likeness (QED) is 0.808. The number of ether oxygens (including phenoxy) is 1. The van der Waals surface area contributed by atoms with Crippen molar-refractivity contribution in [2.75, 3.05) is 5.32 Å². The number of hydrogen-bond donors (Lipinski definition) is 1. The van der Waals surface area contributed by atoms with Gasteiger partial charge in [0.05, 0.1) is 0 Å². The molecule has 0 fully saturated rings. The van der Waals surface area contributed by atoms with Crippen molar-refractivity contribution in [3.8, 4) is 0 Å². The summed E-state index contributed by atoms with van der Waals surface area (Å²) in [7, 11) is 0. The zero-order chi connectivity index (χ0) is 16.1. The van der Waals surface area contributed by atoms with E-state index >= 15 is 0 Å². The maximum Gasteiger partial charge on any atom is 0.328 e. The molecule has 10 heteroatoms. The molecule has 0 spiro atoms. The number of nitrogens with one attached hydrogen (secondary N) is 1. The van der Waals surface area contributed by atoms with Crippen LogP contribution in [0.25, 0.3) is 0 Å². The fraction of sp³-hybridized carbons (Fsp3) is 0.250. The maximum absolute atomic E-state index is 13.4. The van der Waals surface area contributed by atoms with Crippen molar-refractivity contribution in [1.82, 2.24) is 20.2 Å². The number of carbonyl (C=O) groups excluding carboxylic acids is 2. The minimum absolute atomic E-state index is 0.293. The van der Waals surface area contributed by atoms with E-state index in [4.69, 9.17) is 4.74 Å². The van der Waals surface area contributed by atoms with Crippen molar-refractivity contribution < 1.29 is 23.1 Å². The number of esters is 1. The van der Waals surface area contributed by atoms with Gasteiger partial charge in [-0.1, -0.05) is 6.07 Å². The Hall–Kier alpha value is -2.91. The fourth-order valence-corrected chi connectivity index (χ4v) is 1.52. The largest absolute Gasteiger partial charge is 0.451 e. The van der Waals surface area contributed by atoms with E-state index < -0.39 is 35.3 Å². The van der Waals surface area contributed by atoms with Gasteiger partial charge < -0.3 is 10.1 Å². The van der Waals surface area contributed by atoms with E-state index in [1.807, 2.05) is 5.32 Å². The van der Waals surface area contributed by atoms with Crippen LogP contribution in [0.4, 0.5) is 14.5 Å². The minimum Gasteiger partial charge on any atom is -0.451 e. The van der Waals surface area contributed by atoms with Gasteiger partial charge in [0.2, 0.25) is 0 Å². The Morgan fingerprint density at radius 2 is 2.05 bits per heavy atom. The second kappa shape index (κ2) is 6.70. The SMILES string of the molecule is C[C@@H](OC(=O)Cn1cnnn1)C(=O)Nc1c(F)cccc1F. The minimum atomic E-state index is -1.25. The highest BCUT2D eigenvalue weighted by Crippen LogP contribution is 2.18. The number of amides is 1. The first-order chi connectivity index (χ1) is 10.5. The third kappa shape index (κ3) is 3.81. The molecule has 22 heavy (non-hydrogen) atoms. The van der Waals surface area contributed by atoms with Crippen LogP contribution >= 0.6 is 0 Å². The first-order valence-electron chi connectivity index (χ1n) is 6.12. The van der Waals surface area contributed by atoms with Crippen LogP contribution in [0.5, 0.6) is 0 Å². The number of carbonyl (C=O) groups is 2. The highest BCUT2D eigenvalue weighted by atomic mass is 19.1. The molecule has 1 aromatic heterocycles. The smallest absolute Gasteiger partial charge is 0.328 e. The van der Waals surface area contributed by atoms with Gasteiger partial charge in [-0.15, -0.1) is 5.10 Å². The van der Waals surface area contributed by atoms with Gasteiger partial charge in [-0.05, 0) is 29.5 Å². The molecule has 0 aliphatic rings. The summed E-state index contributed by atoms with van der Waals surface area (Å²) >= 11 is 0. The standard InChI is InChI=1S/C12H11F2N5O3/c1-7(22-10(20)5-19-6-15-17-18-19)12(21)16-11-8(13)3-2-4-9(11)14/h2-4,6-7H,5H2,1H3,(H,16,21)/t7-/m1/s1. The lowest BCUT2D eigenvalue weighted by Crippen LogP contribution is -2.31. The molecule has 1 atom stereocenters. The third-order valence-electron chi connectivity index (χ3n) is 2.57. The lowest BCUT2D eigenvalue weighted by Gasteiger charge is -2.14. The summed E-state index contributed by atoms with van der Waals surface area (Å²) in [6, 6.07) is 3.15. The number of anilines is 1. The van der Waals surface area contributed by atoms with Crippen LogP contribution in [-0.2, 0) is 20.9 Å². The van der Waals surface area contributed by atoms with Gasteiger partial charge in [0, 0.05) is 0 Å². The Bertz CT molecular complexity index is 657. The summed E-state index contributed by atoms with van der Waals surface area (Å²) in [6.45, 7) is 0.976. The Morgan fingerprint density at radius 3 is 2.64 bits per heavy atom. The van der Waals surface area contributed by atoms with E-state index in [0.717, 1.165) is 22.9 Å². The van der Waals surface area contributed by atoms with Crippen molar-refractivity contribution in [2.45, 2.75) is 19.6 Å². The molecule has 116 valence electrons. The number of aromatic nitrogens is 4. The first-order valence-corrected chi connectivity index (χ1v) is 6.12. The van der Waals surface area contributed by atoms with Crippen LogP contribution in [0, 0.1) is 11.6 Å². The molecule has 1 N–H and O–H groups in total. The summed E-state index contributed by atoms with van der Waals surface area (Å²) in [5.41, 5.74) is -0.601. The average molecular weight is 311 g/mol. The van der Waals surface area contributed by atoms with E-state index in [1.54, 1.807) is 0 Å². The van der Waals surface area contributed by atoms with Gasteiger partial charge in [0.15, 0.2) is 6.10 Å². The van der Waals surface area contributed by atoms with Crippen LogP contribution in [0.2, 0.25) is 0 Å².